The van der Waals surface area contributed by atoms with Crippen molar-refractivity contribution in [3.63, 3.8) is 0 Å². The third-order valence-electron chi connectivity index (χ3n) is 8.06. The fraction of sp³-hybridized carbons (Fsp3) is 0.0732. The van der Waals surface area contributed by atoms with Crippen molar-refractivity contribution < 1.29 is 62.6 Å². The number of amides is 2. The third-order valence-corrected chi connectivity index (χ3v) is 10.4. The number of nitrogens with one attached hydrogen (secondary N) is 2. The number of ether oxygens (including phenoxy) is 3. The second kappa shape index (κ2) is 19.8. The fourth-order valence-corrected chi connectivity index (χ4v) is 7.06. The molecule has 0 saturated heterocycles. The van der Waals surface area contributed by atoms with Crippen LogP contribution in [0.15, 0.2) is 149 Å². The molecule has 2 amide bonds. The van der Waals surface area contributed by atoms with Crippen molar-refractivity contribution >= 4 is 66.4 Å². The zero-order chi connectivity index (χ0) is 46.2. The van der Waals surface area contributed by atoms with E-state index in [0.29, 0.717) is 10.0 Å². The molecule has 6 aromatic rings. The number of alkyl halides is 5. The van der Waals surface area contributed by atoms with E-state index in [1.807, 2.05) is 5.32 Å². The average molecular weight is 954 g/mol. The molecule has 63 heavy (non-hydrogen) atoms. The molecule has 0 aliphatic rings. The van der Waals surface area contributed by atoms with Gasteiger partial charge in [-0.1, -0.05) is 83.9 Å². The Hall–Kier alpha value is -6.29. The van der Waals surface area contributed by atoms with E-state index in [0.717, 1.165) is 30.3 Å². The highest BCUT2D eigenvalue weighted by Crippen LogP contribution is 2.35. The number of hydrogen-bond donors (Lipinski definition) is 4. The van der Waals surface area contributed by atoms with Gasteiger partial charge in [0.05, 0.1) is 6.42 Å². The van der Waals surface area contributed by atoms with Gasteiger partial charge in [-0.3, -0.25) is 9.59 Å². The number of sulfonamides is 2. The monoisotopic (exact) mass is 952 g/mol. The number of primary sulfonamides is 2. The number of hydrogen-bond acceptors (Lipinski definition) is 9. The summed E-state index contributed by atoms with van der Waals surface area (Å²) < 4.78 is 130. The highest BCUT2D eigenvalue weighted by Gasteiger charge is 2.41. The number of carbonyl (C=O) groups excluding carboxylic acids is 2. The Balaban J connectivity index is 0.000000239. The van der Waals surface area contributed by atoms with Gasteiger partial charge in [0.25, 0.3) is 5.91 Å². The molecule has 0 aliphatic heterocycles. The van der Waals surface area contributed by atoms with Crippen LogP contribution in [0.25, 0.3) is 0 Å². The van der Waals surface area contributed by atoms with Gasteiger partial charge in [-0.05, 0) is 78.9 Å². The normalized spacial score (nSPS) is 11.7. The highest BCUT2D eigenvalue weighted by molar-refractivity contribution is 7.89. The Labute approximate surface area is 366 Å². The molecule has 6 rings (SSSR count). The van der Waals surface area contributed by atoms with Crippen molar-refractivity contribution in [3.05, 3.63) is 161 Å². The lowest BCUT2D eigenvalue weighted by atomic mass is 10.1. The van der Waals surface area contributed by atoms with Crippen molar-refractivity contribution in [1.82, 2.24) is 0 Å². The number of anilines is 2. The van der Waals surface area contributed by atoms with E-state index in [-0.39, 0.29) is 39.9 Å². The number of halogens is 7. The van der Waals surface area contributed by atoms with Crippen LogP contribution in [0.2, 0.25) is 10.0 Å². The molecule has 6 N–H and O–H groups in total. The van der Waals surface area contributed by atoms with Gasteiger partial charge < -0.3 is 24.8 Å². The van der Waals surface area contributed by atoms with Gasteiger partial charge in [-0.15, -0.1) is 13.2 Å². The SMILES string of the molecule is NS(=O)(=O)c1cc(NC(=O)C(F)(F)c2ccccc2)ccc1Oc1cccc(Cl)c1.NS(=O)(=O)c1cc(NC(=O)Cc2ccccc2OC(F)(F)F)ccc1Oc1cccc(Cl)c1. The quantitative estimate of drug-likeness (QED) is 0.0813. The summed E-state index contributed by atoms with van der Waals surface area (Å²) in [4.78, 5) is 23.6. The van der Waals surface area contributed by atoms with Gasteiger partial charge in [-0.2, -0.15) is 8.78 Å². The minimum absolute atomic E-state index is 0.0140. The number of nitrogens with two attached hydrogens (primary N) is 2. The fourth-order valence-electron chi connectivity index (χ4n) is 5.34. The first kappa shape index (κ1) is 47.8. The lowest BCUT2D eigenvalue weighted by Crippen LogP contribution is -2.32. The van der Waals surface area contributed by atoms with E-state index < -0.39 is 71.7 Å². The molecular weight excluding hydrogens is 922 g/mol. The molecule has 0 aliphatic carbocycles. The molecule has 0 heterocycles. The van der Waals surface area contributed by atoms with E-state index in [4.69, 9.17) is 43.0 Å². The van der Waals surface area contributed by atoms with Crippen LogP contribution in [-0.2, 0) is 42.0 Å². The largest absolute Gasteiger partial charge is 0.573 e. The van der Waals surface area contributed by atoms with Gasteiger partial charge in [0, 0.05) is 32.5 Å². The Morgan fingerprint density at radius 2 is 1.05 bits per heavy atom. The molecule has 13 nitrogen and oxygen atoms in total. The summed E-state index contributed by atoms with van der Waals surface area (Å²) in [6, 6.07) is 31.1. The summed E-state index contributed by atoms with van der Waals surface area (Å²) in [6.07, 6.45) is -5.38. The van der Waals surface area contributed by atoms with Crippen LogP contribution in [0.3, 0.4) is 0 Å². The van der Waals surface area contributed by atoms with E-state index in [1.165, 1.54) is 78.9 Å². The van der Waals surface area contributed by atoms with Crippen LogP contribution in [0.4, 0.5) is 33.3 Å². The van der Waals surface area contributed by atoms with Crippen molar-refractivity contribution in [3.8, 4) is 28.7 Å². The standard InChI is InChI=1S/C21H16ClF3N2O5S.C20H15ClF2N2O4S/c22-14-5-3-6-16(11-14)31-18-9-8-15(12-19(18)33(26,29)30)27-20(28)10-13-4-1-2-7-17(13)32-21(23,24)25;21-14-7-4-8-16(11-14)29-17-10-9-15(12-18(17)30(24,27)28)25-19(26)20(22,23)13-5-2-1-3-6-13/h1-9,11-12H,10H2,(H,27,28)(H2,26,29,30);1-12H,(H,25,26)(H2,24,27,28). The van der Waals surface area contributed by atoms with Gasteiger partial charge >= 0.3 is 12.3 Å². The van der Waals surface area contributed by atoms with Crippen molar-refractivity contribution in [2.24, 2.45) is 10.3 Å². The maximum absolute atomic E-state index is 14.4. The summed E-state index contributed by atoms with van der Waals surface area (Å²) >= 11 is 11.8. The van der Waals surface area contributed by atoms with Crippen LogP contribution in [0.1, 0.15) is 11.1 Å². The van der Waals surface area contributed by atoms with E-state index in [9.17, 15) is 48.4 Å². The van der Waals surface area contributed by atoms with Crippen molar-refractivity contribution in [2.75, 3.05) is 10.6 Å². The molecule has 0 spiro atoms. The molecule has 0 bridgehead atoms. The minimum atomic E-state index is -4.92. The molecule has 6 aromatic carbocycles. The van der Waals surface area contributed by atoms with Gasteiger partial charge in [0.2, 0.25) is 26.0 Å². The maximum Gasteiger partial charge on any atom is 0.573 e. The molecule has 330 valence electrons. The average Bonchev–Trinajstić information content (AvgIpc) is 3.19. The molecule has 0 saturated carbocycles. The lowest BCUT2D eigenvalue weighted by molar-refractivity contribution is -0.274. The van der Waals surface area contributed by atoms with Crippen LogP contribution in [0, 0.1) is 0 Å². The number of rotatable bonds is 13. The molecule has 0 atom stereocenters. The lowest BCUT2D eigenvalue weighted by Gasteiger charge is -2.17. The summed E-state index contributed by atoms with van der Waals surface area (Å²) in [5.74, 6) is -6.47. The van der Waals surface area contributed by atoms with Crippen LogP contribution < -0.4 is 35.1 Å². The van der Waals surface area contributed by atoms with E-state index in [2.05, 4.69) is 10.1 Å². The Morgan fingerprint density at radius 1 is 0.571 bits per heavy atom. The number of carbonyl (C=O) groups is 2. The van der Waals surface area contributed by atoms with Crippen molar-refractivity contribution in [2.45, 2.75) is 28.5 Å². The molecule has 0 unspecified atom stereocenters. The zero-order valence-electron chi connectivity index (χ0n) is 31.8. The molecule has 0 radical (unpaired) electrons. The van der Waals surface area contributed by atoms with Gasteiger partial charge in [0.1, 0.15) is 38.5 Å². The predicted molar refractivity (Wildman–Crippen MR) is 223 cm³/mol. The number of para-hydroxylation sites is 1. The maximum atomic E-state index is 14.4. The first-order valence-corrected chi connectivity index (χ1v) is 21.4. The second-order valence-electron chi connectivity index (χ2n) is 12.8. The van der Waals surface area contributed by atoms with Gasteiger partial charge in [0.15, 0.2) is 0 Å². The summed E-state index contributed by atoms with van der Waals surface area (Å²) in [6.45, 7) is 0. The Kier molecular flexibility index (Phi) is 15.0. The molecular formula is C41H31Cl2F5N4O9S2. The van der Waals surface area contributed by atoms with Crippen LogP contribution >= 0.6 is 23.2 Å². The van der Waals surface area contributed by atoms with Crippen molar-refractivity contribution in [1.29, 1.82) is 0 Å². The topological polar surface area (TPSA) is 206 Å². The van der Waals surface area contributed by atoms with Crippen LogP contribution in [-0.4, -0.2) is 35.0 Å². The second-order valence-corrected chi connectivity index (χ2v) is 16.7. The first-order valence-electron chi connectivity index (χ1n) is 17.6. The van der Waals surface area contributed by atoms with Gasteiger partial charge in [-0.25, -0.2) is 27.1 Å². The zero-order valence-corrected chi connectivity index (χ0v) is 34.9. The van der Waals surface area contributed by atoms with Crippen LogP contribution in [0.5, 0.6) is 28.7 Å². The minimum Gasteiger partial charge on any atom is -0.456 e. The third kappa shape index (κ3) is 13.9. The summed E-state index contributed by atoms with van der Waals surface area (Å²) in [5.41, 5.74) is -0.676. The molecule has 0 aromatic heterocycles. The first-order chi connectivity index (χ1) is 29.5. The molecule has 22 heteroatoms. The van der Waals surface area contributed by atoms with E-state index in [1.54, 1.807) is 30.3 Å². The van der Waals surface area contributed by atoms with E-state index >= 15 is 0 Å². The summed E-state index contributed by atoms with van der Waals surface area (Å²) in [5, 5.41) is 15.6. The Bertz CT molecular complexity index is 2860. The molecule has 0 fully saturated rings. The summed E-state index contributed by atoms with van der Waals surface area (Å²) in [7, 11) is -8.57. The predicted octanol–water partition coefficient (Wildman–Crippen LogP) is 9.37. The number of benzene rings is 6. The Morgan fingerprint density at radius 3 is 1.52 bits per heavy atom. The smallest absolute Gasteiger partial charge is 0.456 e. The highest BCUT2D eigenvalue weighted by atomic mass is 35.5.